The van der Waals surface area contributed by atoms with Gasteiger partial charge in [0.2, 0.25) is 5.91 Å². The molecular weight excluding hydrogens is 270 g/mol. The summed E-state index contributed by atoms with van der Waals surface area (Å²) in [5, 5.41) is 2.63. The molecule has 2 amide bonds. The van der Waals surface area contributed by atoms with Crippen molar-refractivity contribution in [1.82, 2.24) is 10.2 Å². The van der Waals surface area contributed by atoms with E-state index in [-0.39, 0.29) is 18.4 Å². The first-order valence-electron chi connectivity index (χ1n) is 7.20. The van der Waals surface area contributed by atoms with Gasteiger partial charge in [-0.2, -0.15) is 0 Å². The highest BCUT2D eigenvalue weighted by atomic mass is 16.5. The number of anilines is 1. The molecule has 0 unspecified atom stereocenters. The van der Waals surface area contributed by atoms with Crippen LogP contribution in [0.1, 0.15) is 30.1 Å². The van der Waals surface area contributed by atoms with Crippen LogP contribution in [-0.4, -0.2) is 43.0 Å². The monoisotopic (exact) mass is 291 g/mol. The number of amides is 2. The molecule has 1 aliphatic heterocycles. The first kappa shape index (κ1) is 15.2. The number of likely N-dealkylation sites (tertiary alicyclic amines) is 1. The minimum atomic E-state index is -0.308. The summed E-state index contributed by atoms with van der Waals surface area (Å²) >= 11 is 0. The van der Waals surface area contributed by atoms with Gasteiger partial charge in [0.25, 0.3) is 5.91 Å². The first-order chi connectivity index (χ1) is 10.1. The molecule has 2 rings (SSSR count). The van der Waals surface area contributed by atoms with Crippen molar-refractivity contribution in [3.63, 3.8) is 0 Å². The van der Waals surface area contributed by atoms with Crippen LogP contribution in [0.4, 0.5) is 5.69 Å². The Morgan fingerprint density at radius 3 is 2.67 bits per heavy atom. The third-order valence-corrected chi connectivity index (χ3v) is 3.43. The van der Waals surface area contributed by atoms with Crippen molar-refractivity contribution >= 4 is 17.5 Å². The van der Waals surface area contributed by atoms with E-state index in [1.807, 2.05) is 6.92 Å². The molecule has 21 heavy (non-hydrogen) atoms. The average molecular weight is 291 g/mol. The van der Waals surface area contributed by atoms with Crippen LogP contribution in [0.5, 0.6) is 5.75 Å². The van der Waals surface area contributed by atoms with Crippen molar-refractivity contribution in [1.29, 1.82) is 0 Å². The Morgan fingerprint density at radius 2 is 2.05 bits per heavy atom. The SMILES string of the molecule is CCOc1ccc(C(=O)NCC(=O)N2CCCC2)cc1N. The lowest BCUT2D eigenvalue weighted by Crippen LogP contribution is -2.38. The highest BCUT2D eigenvalue weighted by Gasteiger charge is 2.18. The average Bonchev–Trinajstić information content (AvgIpc) is 3.01. The molecule has 1 aromatic carbocycles. The van der Waals surface area contributed by atoms with Crippen LogP contribution >= 0.6 is 0 Å². The number of hydrogen-bond acceptors (Lipinski definition) is 4. The summed E-state index contributed by atoms with van der Waals surface area (Å²) < 4.78 is 5.32. The molecule has 3 N–H and O–H groups in total. The van der Waals surface area contributed by atoms with Crippen molar-refractivity contribution in [2.24, 2.45) is 0 Å². The number of nitrogens with two attached hydrogens (primary N) is 1. The van der Waals surface area contributed by atoms with Gasteiger partial charge in [0.15, 0.2) is 0 Å². The van der Waals surface area contributed by atoms with Gasteiger partial charge < -0.3 is 20.7 Å². The second-order valence-corrected chi connectivity index (χ2v) is 4.96. The highest BCUT2D eigenvalue weighted by molar-refractivity contribution is 5.97. The van der Waals surface area contributed by atoms with Crippen molar-refractivity contribution < 1.29 is 14.3 Å². The number of ether oxygens (including phenoxy) is 1. The minimum Gasteiger partial charge on any atom is -0.492 e. The van der Waals surface area contributed by atoms with E-state index in [4.69, 9.17) is 10.5 Å². The quantitative estimate of drug-likeness (QED) is 0.793. The zero-order chi connectivity index (χ0) is 15.2. The van der Waals surface area contributed by atoms with Crippen molar-refractivity contribution in [3.05, 3.63) is 23.8 Å². The number of carbonyl (C=O) groups is 2. The summed E-state index contributed by atoms with van der Waals surface area (Å²) in [5.41, 5.74) is 6.65. The third kappa shape index (κ3) is 3.87. The molecule has 0 aliphatic carbocycles. The molecule has 1 aliphatic rings. The van der Waals surface area contributed by atoms with Crippen LogP contribution in [-0.2, 0) is 4.79 Å². The molecule has 1 aromatic rings. The summed E-state index contributed by atoms with van der Waals surface area (Å²) in [6, 6.07) is 4.85. The van der Waals surface area contributed by atoms with E-state index < -0.39 is 0 Å². The molecule has 0 radical (unpaired) electrons. The number of benzene rings is 1. The molecule has 114 valence electrons. The Hall–Kier alpha value is -2.24. The van der Waals surface area contributed by atoms with Gasteiger partial charge in [-0.3, -0.25) is 9.59 Å². The predicted molar refractivity (Wildman–Crippen MR) is 80.2 cm³/mol. The number of nitrogens with one attached hydrogen (secondary N) is 1. The molecule has 0 saturated carbocycles. The van der Waals surface area contributed by atoms with Crippen LogP contribution in [0, 0.1) is 0 Å². The van der Waals surface area contributed by atoms with E-state index >= 15 is 0 Å². The van der Waals surface area contributed by atoms with Crippen LogP contribution in [0.2, 0.25) is 0 Å². The largest absolute Gasteiger partial charge is 0.492 e. The van der Waals surface area contributed by atoms with Crippen LogP contribution in [0.15, 0.2) is 18.2 Å². The van der Waals surface area contributed by atoms with E-state index in [1.165, 1.54) is 0 Å². The molecule has 1 fully saturated rings. The Kier molecular flexibility index (Phi) is 5.03. The highest BCUT2D eigenvalue weighted by Crippen LogP contribution is 2.22. The van der Waals surface area contributed by atoms with Gasteiger partial charge in [0, 0.05) is 18.7 Å². The molecule has 0 bridgehead atoms. The summed E-state index contributed by atoms with van der Waals surface area (Å²) in [4.78, 5) is 25.6. The van der Waals surface area contributed by atoms with Crippen molar-refractivity contribution in [2.45, 2.75) is 19.8 Å². The number of rotatable bonds is 5. The minimum absolute atomic E-state index is 0.0198. The smallest absolute Gasteiger partial charge is 0.251 e. The molecule has 1 saturated heterocycles. The maximum Gasteiger partial charge on any atom is 0.251 e. The molecule has 1 heterocycles. The summed E-state index contributed by atoms with van der Waals surface area (Å²) in [5.74, 6) is 0.208. The first-order valence-corrected chi connectivity index (χ1v) is 7.20. The van der Waals surface area contributed by atoms with Gasteiger partial charge in [-0.25, -0.2) is 0 Å². The Bertz CT molecular complexity index is 525. The molecular formula is C15H21N3O3. The van der Waals surface area contributed by atoms with E-state index in [0.29, 0.717) is 23.6 Å². The fourth-order valence-corrected chi connectivity index (χ4v) is 2.31. The number of hydrogen-bond donors (Lipinski definition) is 2. The van der Waals surface area contributed by atoms with Gasteiger partial charge in [-0.15, -0.1) is 0 Å². The number of carbonyl (C=O) groups excluding carboxylic acids is 2. The summed E-state index contributed by atoms with van der Waals surface area (Å²) in [7, 11) is 0. The van der Waals surface area contributed by atoms with E-state index in [9.17, 15) is 9.59 Å². The lowest BCUT2D eigenvalue weighted by Gasteiger charge is -2.15. The molecule has 6 heteroatoms. The second-order valence-electron chi connectivity index (χ2n) is 4.96. The number of nitrogens with zero attached hydrogens (tertiary/aromatic N) is 1. The fourth-order valence-electron chi connectivity index (χ4n) is 2.31. The lowest BCUT2D eigenvalue weighted by atomic mass is 10.1. The zero-order valence-corrected chi connectivity index (χ0v) is 12.2. The zero-order valence-electron chi connectivity index (χ0n) is 12.2. The van der Waals surface area contributed by atoms with E-state index in [0.717, 1.165) is 25.9 Å². The van der Waals surface area contributed by atoms with Gasteiger partial charge in [-0.1, -0.05) is 0 Å². The normalized spacial score (nSPS) is 14.0. The number of nitrogen functional groups attached to an aromatic ring is 1. The Morgan fingerprint density at radius 1 is 1.33 bits per heavy atom. The molecule has 6 nitrogen and oxygen atoms in total. The molecule has 0 aromatic heterocycles. The van der Waals surface area contributed by atoms with Crippen LogP contribution in [0.3, 0.4) is 0 Å². The Balaban J connectivity index is 1.90. The molecule has 0 atom stereocenters. The van der Waals surface area contributed by atoms with Crippen LogP contribution in [0.25, 0.3) is 0 Å². The second kappa shape index (κ2) is 6.97. The van der Waals surface area contributed by atoms with Gasteiger partial charge in [0.1, 0.15) is 5.75 Å². The Labute approximate surface area is 124 Å². The maximum absolute atomic E-state index is 12.0. The molecule has 0 spiro atoms. The van der Waals surface area contributed by atoms with Gasteiger partial charge >= 0.3 is 0 Å². The lowest BCUT2D eigenvalue weighted by molar-refractivity contribution is -0.129. The van der Waals surface area contributed by atoms with E-state index in [2.05, 4.69) is 5.32 Å². The third-order valence-electron chi connectivity index (χ3n) is 3.43. The topological polar surface area (TPSA) is 84.7 Å². The predicted octanol–water partition coefficient (Wildman–Crippen LogP) is 1.02. The van der Waals surface area contributed by atoms with Crippen LogP contribution < -0.4 is 15.8 Å². The summed E-state index contributed by atoms with van der Waals surface area (Å²) in [6.45, 7) is 3.96. The summed E-state index contributed by atoms with van der Waals surface area (Å²) in [6.07, 6.45) is 2.07. The standard InChI is InChI=1S/C15H21N3O3/c1-2-21-13-6-5-11(9-12(13)16)15(20)17-10-14(19)18-7-3-4-8-18/h5-6,9H,2-4,7-8,10,16H2,1H3,(H,17,20). The van der Waals surface area contributed by atoms with E-state index in [1.54, 1.807) is 23.1 Å². The fraction of sp³-hybridized carbons (Fsp3) is 0.467. The maximum atomic E-state index is 12.0. The van der Waals surface area contributed by atoms with Crippen molar-refractivity contribution in [3.8, 4) is 5.75 Å². The van der Waals surface area contributed by atoms with Gasteiger partial charge in [0.05, 0.1) is 18.8 Å². The van der Waals surface area contributed by atoms with Crippen molar-refractivity contribution in [2.75, 3.05) is 32.0 Å². The van der Waals surface area contributed by atoms with Gasteiger partial charge in [-0.05, 0) is 38.0 Å².